The molecule has 0 bridgehead atoms. The van der Waals surface area contributed by atoms with Gasteiger partial charge in [-0.2, -0.15) is 0 Å². The van der Waals surface area contributed by atoms with E-state index in [2.05, 4.69) is 79.8 Å². The molecule has 31 heavy (non-hydrogen) atoms. The van der Waals surface area contributed by atoms with E-state index in [1.165, 1.54) is 57.4 Å². The van der Waals surface area contributed by atoms with E-state index < -0.39 is 18.4 Å². The van der Waals surface area contributed by atoms with Crippen LogP contribution in [-0.2, 0) is 0 Å². The van der Waals surface area contributed by atoms with Gasteiger partial charge in [-0.3, -0.25) is 0 Å². The molecular formula is C27H40N2OSn. The first kappa shape index (κ1) is 24.2. The minimum atomic E-state index is -2.35. The van der Waals surface area contributed by atoms with E-state index in [0.29, 0.717) is 0 Å². The van der Waals surface area contributed by atoms with E-state index in [-0.39, 0.29) is 0 Å². The molecular weight excluding hydrogens is 487 g/mol. The van der Waals surface area contributed by atoms with Crippen molar-refractivity contribution in [2.24, 2.45) is 5.10 Å². The second kappa shape index (κ2) is 12.5. The van der Waals surface area contributed by atoms with Crippen LogP contribution in [-0.4, -0.2) is 30.6 Å². The molecule has 2 aromatic rings. The molecule has 1 N–H and O–H groups in total. The number of hydrogen-bond donors (Lipinski definition) is 1. The van der Waals surface area contributed by atoms with Crippen LogP contribution in [0.1, 0.15) is 71.3 Å². The first-order valence-electron chi connectivity index (χ1n) is 12.4. The van der Waals surface area contributed by atoms with Crippen molar-refractivity contribution in [3.63, 3.8) is 0 Å². The van der Waals surface area contributed by atoms with Crippen LogP contribution in [0, 0.1) is 0 Å². The van der Waals surface area contributed by atoms with Crippen LogP contribution in [0.15, 0.2) is 53.6 Å². The Kier molecular flexibility index (Phi) is 9.76. The summed E-state index contributed by atoms with van der Waals surface area (Å²) >= 11 is -2.35. The topological polar surface area (TPSA) is 33.6 Å². The zero-order valence-corrected chi connectivity index (χ0v) is 22.6. The molecule has 2 aromatic carbocycles. The molecule has 0 unspecified atom stereocenters. The summed E-state index contributed by atoms with van der Waals surface area (Å²) in [6, 6.07) is 17.6. The number of ether oxygens (including phenoxy) is 1. The fourth-order valence-electron chi connectivity index (χ4n) is 4.67. The molecule has 0 aromatic heterocycles. The van der Waals surface area contributed by atoms with Crippen molar-refractivity contribution in [3.8, 4) is 11.5 Å². The third-order valence-corrected chi connectivity index (χ3v) is 22.3. The van der Waals surface area contributed by atoms with Gasteiger partial charge in [-0.05, 0) is 0 Å². The summed E-state index contributed by atoms with van der Waals surface area (Å²) in [5.41, 5.74) is 5.35. The molecule has 0 aliphatic carbocycles. The van der Waals surface area contributed by atoms with Crippen molar-refractivity contribution >= 4 is 27.7 Å². The molecule has 0 amide bonds. The molecule has 1 heterocycles. The maximum atomic E-state index is 6.17. The zero-order valence-electron chi connectivity index (χ0n) is 19.8. The number of unbranched alkanes of at least 4 members (excludes halogenated alkanes) is 3. The van der Waals surface area contributed by atoms with Gasteiger partial charge in [-0.15, -0.1) is 0 Å². The van der Waals surface area contributed by atoms with Gasteiger partial charge in [0, 0.05) is 0 Å². The fourth-order valence-corrected chi connectivity index (χ4v) is 20.6. The number of benzene rings is 2. The van der Waals surface area contributed by atoms with Crippen LogP contribution < -0.4 is 13.7 Å². The Morgan fingerprint density at radius 1 is 0.774 bits per heavy atom. The van der Waals surface area contributed by atoms with Crippen LogP contribution in [0.3, 0.4) is 0 Å². The van der Waals surface area contributed by atoms with Crippen molar-refractivity contribution in [3.05, 3.63) is 54.1 Å². The Morgan fingerprint density at radius 2 is 1.29 bits per heavy atom. The molecule has 0 saturated heterocycles. The second-order valence-corrected chi connectivity index (χ2v) is 22.2. The van der Waals surface area contributed by atoms with Crippen LogP contribution in [0.2, 0.25) is 13.3 Å². The van der Waals surface area contributed by atoms with E-state index in [9.17, 15) is 0 Å². The van der Waals surface area contributed by atoms with Crippen molar-refractivity contribution in [1.82, 2.24) is 5.43 Å². The molecule has 1 aliphatic rings. The van der Waals surface area contributed by atoms with Gasteiger partial charge in [0.05, 0.1) is 0 Å². The Morgan fingerprint density at radius 3 is 1.74 bits per heavy atom. The number of hydrogen-bond acceptors (Lipinski definition) is 3. The average Bonchev–Trinajstić information content (AvgIpc) is 3.35. The Bertz CT molecular complexity index is 792. The van der Waals surface area contributed by atoms with Crippen molar-refractivity contribution in [1.29, 1.82) is 0 Å². The van der Waals surface area contributed by atoms with Gasteiger partial charge < -0.3 is 0 Å². The Labute approximate surface area is 193 Å². The number of rotatable bonds is 13. The van der Waals surface area contributed by atoms with Gasteiger partial charge in [0.25, 0.3) is 0 Å². The second-order valence-electron chi connectivity index (χ2n) is 8.96. The van der Waals surface area contributed by atoms with E-state index in [0.717, 1.165) is 30.2 Å². The summed E-state index contributed by atoms with van der Waals surface area (Å²) in [6.45, 7) is 7.96. The molecule has 168 valence electrons. The first-order chi connectivity index (χ1) is 15.2. The van der Waals surface area contributed by atoms with Crippen molar-refractivity contribution in [2.45, 2.75) is 79.0 Å². The van der Waals surface area contributed by atoms with Crippen LogP contribution in [0.4, 0.5) is 0 Å². The van der Waals surface area contributed by atoms with Crippen LogP contribution in [0.25, 0.3) is 0 Å². The predicted octanol–water partition coefficient (Wildman–Crippen LogP) is 7.23. The number of nitrogens with one attached hydrogen (secondary N) is 1. The summed E-state index contributed by atoms with van der Waals surface area (Å²) in [4.78, 5) is 0. The van der Waals surface area contributed by atoms with Gasteiger partial charge in [-0.1, -0.05) is 0 Å². The standard InChI is InChI=1S/C15H13N2O.3C4H9.Sn/c1-2-4-13(5-3-1)18-14-8-6-12(7-9-14)15-10-11-16-17-15;3*1-3-4-2;/h2-9,16H,10-11H2;3*1,3-4H2,2H3;. The van der Waals surface area contributed by atoms with Gasteiger partial charge >= 0.3 is 194 Å². The van der Waals surface area contributed by atoms with Gasteiger partial charge in [0.2, 0.25) is 0 Å². The molecule has 1 aliphatic heterocycles. The number of hydrazone groups is 1. The third-order valence-electron chi connectivity index (χ3n) is 6.60. The first-order valence-corrected chi connectivity index (χ1v) is 19.9. The van der Waals surface area contributed by atoms with E-state index >= 15 is 0 Å². The van der Waals surface area contributed by atoms with E-state index in [1.54, 1.807) is 3.58 Å². The zero-order chi connectivity index (χ0) is 21.9. The van der Waals surface area contributed by atoms with E-state index in [4.69, 9.17) is 4.74 Å². The van der Waals surface area contributed by atoms with E-state index in [1.807, 2.05) is 0 Å². The monoisotopic (exact) mass is 528 g/mol. The molecule has 0 saturated carbocycles. The molecule has 3 nitrogen and oxygen atoms in total. The SMILES string of the molecule is CCC[CH2][Sn]([CH2]CCC)([CH2]CCC)[c]1ccc(Oc2ccc(C3=NNCC3)cc2)cc1. The predicted molar refractivity (Wildman–Crippen MR) is 137 cm³/mol. The summed E-state index contributed by atoms with van der Waals surface area (Å²) in [7, 11) is 0. The van der Waals surface area contributed by atoms with Crippen LogP contribution in [0.5, 0.6) is 11.5 Å². The minimum absolute atomic E-state index is 0.890. The number of nitrogens with zero attached hydrogens (tertiary/aromatic N) is 1. The average molecular weight is 527 g/mol. The van der Waals surface area contributed by atoms with Gasteiger partial charge in [0.1, 0.15) is 0 Å². The van der Waals surface area contributed by atoms with Crippen molar-refractivity contribution < 1.29 is 4.74 Å². The molecule has 0 fully saturated rings. The summed E-state index contributed by atoms with van der Waals surface area (Å²) < 4.78 is 12.4. The maximum absolute atomic E-state index is 6.17. The quantitative estimate of drug-likeness (QED) is 0.279. The fraction of sp³-hybridized carbons (Fsp3) is 0.519. The van der Waals surface area contributed by atoms with Gasteiger partial charge in [0.15, 0.2) is 0 Å². The molecule has 4 heteroatoms. The normalized spacial score (nSPS) is 13.7. The van der Waals surface area contributed by atoms with Crippen LogP contribution >= 0.6 is 0 Å². The third kappa shape index (κ3) is 6.74. The van der Waals surface area contributed by atoms with Gasteiger partial charge in [-0.25, -0.2) is 0 Å². The summed E-state index contributed by atoms with van der Waals surface area (Å²) in [5, 5.41) is 4.35. The van der Waals surface area contributed by atoms with Crippen molar-refractivity contribution in [2.75, 3.05) is 6.54 Å². The Hall–Kier alpha value is -1.49. The summed E-state index contributed by atoms with van der Waals surface area (Å²) in [5.74, 6) is 1.83. The molecule has 3 rings (SSSR count). The molecule has 0 atom stereocenters. The molecule has 0 radical (unpaired) electrons. The summed E-state index contributed by atoms with van der Waals surface area (Å²) in [6.07, 6.45) is 9.13. The Balaban J connectivity index is 1.73. The molecule has 0 spiro atoms.